The van der Waals surface area contributed by atoms with Gasteiger partial charge in [-0.05, 0) is 67.8 Å². The predicted molar refractivity (Wildman–Crippen MR) is 150 cm³/mol. The third-order valence-electron chi connectivity index (χ3n) is 6.11. The molecule has 1 fully saturated rings. The SMILES string of the molecule is CC1CN(C(=O)/C(=C/c2cn(-c3ccccc3)nc2-c2cccs2)NC(=O)c2ccc(Cl)cc2)CC(C)O1. The Balaban J connectivity index is 1.57. The van der Waals surface area contributed by atoms with E-state index in [1.54, 1.807) is 51.3 Å². The summed E-state index contributed by atoms with van der Waals surface area (Å²) in [5.41, 5.74) is 2.88. The van der Waals surface area contributed by atoms with Crippen LogP contribution in [-0.4, -0.2) is 51.8 Å². The molecule has 2 aromatic heterocycles. The summed E-state index contributed by atoms with van der Waals surface area (Å²) in [5, 5.41) is 10.2. The molecule has 0 radical (unpaired) electrons. The van der Waals surface area contributed by atoms with Crippen molar-refractivity contribution in [3.05, 3.63) is 100 Å². The van der Waals surface area contributed by atoms with E-state index in [9.17, 15) is 9.59 Å². The predicted octanol–water partition coefficient (Wildman–Crippen LogP) is 5.66. The van der Waals surface area contributed by atoms with Crippen LogP contribution in [0.4, 0.5) is 0 Å². The van der Waals surface area contributed by atoms with Gasteiger partial charge in [0.15, 0.2) is 0 Å². The molecular formula is C29H27ClN4O3S. The Bertz CT molecular complexity index is 1440. The fraction of sp³-hybridized carbons (Fsp3) is 0.207. The van der Waals surface area contributed by atoms with Crippen LogP contribution in [0.25, 0.3) is 22.3 Å². The van der Waals surface area contributed by atoms with E-state index in [0.717, 1.165) is 16.3 Å². The van der Waals surface area contributed by atoms with Gasteiger partial charge in [-0.1, -0.05) is 35.9 Å². The van der Waals surface area contributed by atoms with E-state index in [2.05, 4.69) is 5.32 Å². The highest BCUT2D eigenvalue weighted by Crippen LogP contribution is 2.29. The molecule has 1 saturated heterocycles. The van der Waals surface area contributed by atoms with Gasteiger partial charge in [-0.15, -0.1) is 11.3 Å². The minimum absolute atomic E-state index is 0.113. The summed E-state index contributed by atoms with van der Waals surface area (Å²) in [6.45, 7) is 4.73. The lowest BCUT2D eigenvalue weighted by Crippen LogP contribution is -2.50. The van der Waals surface area contributed by atoms with Gasteiger partial charge in [-0.25, -0.2) is 4.68 Å². The number of para-hydroxylation sites is 1. The van der Waals surface area contributed by atoms with Crippen molar-refractivity contribution < 1.29 is 14.3 Å². The van der Waals surface area contributed by atoms with Crippen molar-refractivity contribution >= 4 is 40.8 Å². The number of nitrogens with zero attached hydrogens (tertiary/aromatic N) is 3. The number of carbonyl (C=O) groups is 2. The minimum atomic E-state index is -0.399. The summed E-state index contributed by atoms with van der Waals surface area (Å²) in [5.74, 6) is -0.678. The number of benzene rings is 2. The lowest BCUT2D eigenvalue weighted by Gasteiger charge is -2.35. The molecule has 0 saturated carbocycles. The summed E-state index contributed by atoms with van der Waals surface area (Å²) in [4.78, 5) is 29.7. The third kappa shape index (κ3) is 5.88. The van der Waals surface area contributed by atoms with Crippen LogP contribution in [0.5, 0.6) is 0 Å². The third-order valence-corrected chi connectivity index (χ3v) is 7.24. The fourth-order valence-corrected chi connectivity index (χ4v) is 5.28. The number of morpholine rings is 1. The molecule has 194 valence electrons. The van der Waals surface area contributed by atoms with Crippen molar-refractivity contribution in [2.75, 3.05) is 13.1 Å². The summed E-state index contributed by atoms with van der Waals surface area (Å²) < 4.78 is 7.60. The maximum atomic E-state index is 13.8. The Labute approximate surface area is 230 Å². The first-order chi connectivity index (χ1) is 18.4. The fourth-order valence-electron chi connectivity index (χ4n) is 4.43. The average Bonchev–Trinajstić information content (AvgIpc) is 3.58. The van der Waals surface area contributed by atoms with Gasteiger partial charge in [0, 0.05) is 35.4 Å². The number of amides is 2. The Morgan fingerprint density at radius 3 is 2.39 bits per heavy atom. The molecule has 7 nitrogen and oxygen atoms in total. The number of thiophene rings is 1. The van der Waals surface area contributed by atoms with Crippen LogP contribution < -0.4 is 5.32 Å². The highest BCUT2D eigenvalue weighted by Gasteiger charge is 2.29. The number of halogens is 1. The Morgan fingerprint density at radius 1 is 1.03 bits per heavy atom. The lowest BCUT2D eigenvalue weighted by molar-refractivity contribution is -0.139. The average molecular weight is 547 g/mol. The van der Waals surface area contributed by atoms with Gasteiger partial charge in [0.1, 0.15) is 11.4 Å². The molecule has 1 aliphatic heterocycles. The highest BCUT2D eigenvalue weighted by atomic mass is 35.5. The number of aromatic nitrogens is 2. The normalized spacial score (nSPS) is 17.9. The summed E-state index contributed by atoms with van der Waals surface area (Å²) >= 11 is 7.56. The van der Waals surface area contributed by atoms with Crippen LogP contribution in [0.2, 0.25) is 5.02 Å². The molecule has 1 N–H and O–H groups in total. The maximum Gasteiger partial charge on any atom is 0.270 e. The van der Waals surface area contributed by atoms with Gasteiger partial charge >= 0.3 is 0 Å². The molecular weight excluding hydrogens is 520 g/mol. The van der Waals surface area contributed by atoms with Gasteiger partial charge in [0.25, 0.3) is 11.8 Å². The van der Waals surface area contributed by atoms with Crippen molar-refractivity contribution in [1.29, 1.82) is 0 Å². The first-order valence-electron chi connectivity index (χ1n) is 12.3. The van der Waals surface area contributed by atoms with Crippen molar-refractivity contribution in [2.45, 2.75) is 26.1 Å². The first-order valence-corrected chi connectivity index (χ1v) is 13.6. The van der Waals surface area contributed by atoms with Crippen LogP contribution in [0.1, 0.15) is 29.8 Å². The number of ether oxygens (including phenoxy) is 1. The quantitative estimate of drug-likeness (QED) is 0.317. The molecule has 2 atom stereocenters. The Hall–Kier alpha value is -3.72. The second-order valence-corrected chi connectivity index (χ2v) is 10.6. The molecule has 38 heavy (non-hydrogen) atoms. The van der Waals surface area contributed by atoms with Crippen molar-refractivity contribution in [2.24, 2.45) is 0 Å². The van der Waals surface area contributed by atoms with Crippen LogP contribution in [0.3, 0.4) is 0 Å². The molecule has 0 aliphatic carbocycles. The summed E-state index contributed by atoms with van der Waals surface area (Å²) in [6.07, 6.45) is 3.36. The van der Waals surface area contributed by atoms with Gasteiger partial charge in [-0.2, -0.15) is 5.10 Å². The van der Waals surface area contributed by atoms with E-state index in [4.69, 9.17) is 21.4 Å². The minimum Gasteiger partial charge on any atom is -0.372 e. The zero-order valence-corrected chi connectivity index (χ0v) is 22.6. The van der Waals surface area contributed by atoms with E-state index in [1.807, 2.05) is 67.9 Å². The maximum absolute atomic E-state index is 13.8. The molecule has 2 amide bonds. The second-order valence-electron chi connectivity index (χ2n) is 9.18. The van der Waals surface area contributed by atoms with Crippen LogP contribution in [-0.2, 0) is 9.53 Å². The van der Waals surface area contributed by atoms with E-state index >= 15 is 0 Å². The molecule has 0 spiro atoms. The van der Waals surface area contributed by atoms with E-state index in [0.29, 0.717) is 29.2 Å². The number of carbonyl (C=O) groups excluding carboxylic acids is 2. The second kappa shape index (κ2) is 11.3. The lowest BCUT2D eigenvalue weighted by atomic mass is 10.1. The molecule has 2 unspecified atom stereocenters. The van der Waals surface area contributed by atoms with E-state index < -0.39 is 5.91 Å². The molecule has 0 bridgehead atoms. The van der Waals surface area contributed by atoms with Gasteiger partial charge in [-0.3, -0.25) is 9.59 Å². The highest BCUT2D eigenvalue weighted by molar-refractivity contribution is 7.13. The zero-order chi connectivity index (χ0) is 26.6. The largest absolute Gasteiger partial charge is 0.372 e. The zero-order valence-electron chi connectivity index (χ0n) is 21.0. The monoisotopic (exact) mass is 546 g/mol. The van der Waals surface area contributed by atoms with E-state index in [-0.39, 0.29) is 23.8 Å². The number of hydrogen-bond donors (Lipinski definition) is 1. The standard InChI is InChI=1S/C29H27ClN4O3S/c1-19-16-33(17-20(2)37-19)29(36)25(31-28(35)21-10-12-23(30)13-11-21)15-22-18-34(24-7-4-3-5-8-24)32-27(22)26-9-6-14-38-26/h3-15,18-20H,16-17H2,1-2H3,(H,31,35)/b25-15-. The molecule has 2 aromatic carbocycles. The molecule has 4 aromatic rings. The Kier molecular flexibility index (Phi) is 7.74. The van der Waals surface area contributed by atoms with Gasteiger partial charge in [0.05, 0.1) is 22.8 Å². The molecule has 9 heteroatoms. The van der Waals surface area contributed by atoms with Crippen LogP contribution in [0, 0.1) is 0 Å². The van der Waals surface area contributed by atoms with E-state index in [1.165, 1.54) is 0 Å². The van der Waals surface area contributed by atoms with Crippen molar-refractivity contribution in [3.8, 4) is 16.3 Å². The van der Waals surface area contributed by atoms with Crippen LogP contribution >= 0.6 is 22.9 Å². The molecule has 3 heterocycles. The Morgan fingerprint density at radius 2 is 1.74 bits per heavy atom. The summed E-state index contributed by atoms with van der Waals surface area (Å²) in [6, 6.07) is 20.2. The van der Waals surface area contributed by atoms with Crippen molar-refractivity contribution in [1.82, 2.24) is 20.0 Å². The topological polar surface area (TPSA) is 76.5 Å². The molecule has 1 aliphatic rings. The van der Waals surface area contributed by atoms with Gasteiger partial charge < -0.3 is 15.0 Å². The summed E-state index contributed by atoms with van der Waals surface area (Å²) in [7, 11) is 0. The molecule has 5 rings (SSSR count). The smallest absolute Gasteiger partial charge is 0.270 e. The number of rotatable bonds is 6. The van der Waals surface area contributed by atoms with Crippen LogP contribution in [0.15, 0.2) is 84.0 Å². The van der Waals surface area contributed by atoms with Crippen molar-refractivity contribution in [3.63, 3.8) is 0 Å². The number of hydrogen-bond acceptors (Lipinski definition) is 5. The number of nitrogens with one attached hydrogen (secondary N) is 1. The van der Waals surface area contributed by atoms with Gasteiger partial charge in [0.2, 0.25) is 0 Å². The first kappa shape index (κ1) is 25.9.